The molecule has 0 bridgehead atoms. The maximum Gasteiger partial charge on any atom is 0.255 e. The van der Waals surface area contributed by atoms with Crippen LogP contribution in [-0.4, -0.2) is 47.9 Å². The van der Waals surface area contributed by atoms with E-state index in [-0.39, 0.29) is 17.6 Å². The van der Waals surface area contributed by atoms with E-state index in [0.717, 1.165) is 75.4 Å². The van der Waals surface area contributed by atoms with Gasteiger partial charge in [0.15, 0.2) is 0 Å². The Kier molecular flexibility index (Phi) is 4.62. The van der Waals surface area contributed by atoms with Gasteiger partial charge in [0.1, 0.15) is 0 Å². The standard InChI is InChI=1S/C23H30N4O2/c1-16-5-4-8-19-20(16)23(15-27(19)13-14-28)9-11-26(12-10-23)22-24-18-7-3-2-6-17(18)21(29)25-22/h4-5,8,28H,2-3,6-7,9-15H2,1H3,(H,24,25,29). The van der Waals surface area contributed by atoms with Gasteiger partial charge in [0, 0.05) is 42.8 Å². The van der Waals surface area contributed by atoms with Crippen LogP contribution in [0, 0.1) is 6.92 Å². The number of hydrogen-bond donors (Lipinski definition) is 2. The van der Waals surface area contributed by atoms with E-state index in [4.69, 9.17) is 4.98 Å². The summed E-state index contributed by atoms with van der Waals surface area (Å²) in [5.41, 5.74) is 6.17. The number of nitrogens with zero attached hydrogens (tertiary/aromatic N) is 3. The molecule has 3 aliphatic rings. The molecule has 1 fully saturated rings. The number of anilines is 2. The van der Waals surface area contributed by atoms with Crippen LogP contribution in [0.1, 0.15) is 48.1 Å². The van der Waals surface area contributed by atoms with Gasteiger partial charge < -0.3 is 14.9 Å². The van der Waals surface area contributed by atoms with Crippen LogP contribution in [0.3, 0.4) is 0 Å². The topological polar surface area (TPSA) is 72.5 Å². The molecule has 2 aliphatic heterocycles. The highest BCUT2D eigenvalue weighted by atomic mass is 16.3. The average Bonchev–Trinajstić information content (AvgIpc) is 3.03. The zero-order valence-electron chi connectivity index (χ0n) is 17.2. The first-order valence-electron chi connectivity index (χ1n) is 10.9. The number of aromatic amines is 1. The third-order valence-corrected chi connectivity index (χ3v) is 7.18. The number of aryl methyl sites for hydroxylation is 2. The number of rotatable bonds is 3. The van der Waals surface area contributed by atoms with E-state index in [1.165, 1.54) is 16.8 Å². The second-order valence-electron chi connectivity index (χ2n) is 8.90. The van der Waals surface area contributed by atoms with Crippen LogP contribution >= 0.6 is 0 Å². The zero-order valence-corrected chi connectivity index (χ0v) is 17.2. The molecule has 6 heteroatoms. The summed E-state index contributed by atoms with van der Waals surface area (Å²) >= 11 is 0. The molecule has 3 heterocycles. The highest BCUT2D eigenvalue weighted by Gasteiger charge is 2.45. The summed E-state index contributed by atoms with van der Waals surface area (Å²) in [6.07, 6.45) is 6.07. The highest BCUT2D eigenvalue weighted by molar-refractivity contribution is 5.66. The lowest BCUT2D eigenvalue weighted by atomic mass is 9.73. The van der Waals surface area contributed by atoms with Gasteiger partial charge in [-0.3, -0.25) is 9.78 Å². The number of hydrogen-bond acceptors (Lipinski definition) is 5. The molecule has 1 aliphatic carbocycles. The number of aromatic nitrogens is 2. The first kappa shape index (κ1) is 18.7. The summed E-state index contributed by atoms with van der Waals surface area (Å²) in [5, 5.41) is 9.53. The summed E-state index contributed by atoms with van der Waals surface area (Å²) in [7, 11) is 0. The smallest absolute Gasteiger partial charge is 0.255 e. The van der Waals surface area contributed by atoms with Gasteiger partial charge >= 0.3 is 0 Å². The highest BCUT2D eigenvalue weighted by Crippen LogP contribution is 2.48. The fraction of sp³-hybridized carbons (Fsp3) is 0.565. The Morgan fingerprint density at radius 2 is 2.00 bits per heavy atom. The van der Waals surface area contributed by atoms with E-state index >= 15 is 0 Å². The van der Waals surface area contributed by atoms with Gasteiger partial charge in [-0.1, -0.05) is 12.1 Å². The summed E-state index contributed by atoms with van der Waals surface area (Å²) in [6.45, 7) is 5.82. The number of β-amino-alcohol motifs (C(OH)–C–C–N with tert-alkyl or cyclic N) is 1. The van der Waals surface area contributed by atoms with Crippen LogP contribution in [0.2, 0.25) is 0 Å². The number of piperidine rings is 1. The Morgan fingerprint density at radius 3 is 2.79 bits per heavy atom. The van der Waals surface area contributed by atoms with Crippen molar-refractivity contribution < 1.29 is 5.11 Å². The van der Waals surface area contributed by atoms with Crippen LogP contribution in [0.25, 0.3) is 0 Å². The first-order valence-corrected chi connectivity index (χ1v) is 10.9. The summed E-state index contributed by atoms with van der Waals surface area (Å²) in [4.78, 5) is 25.1. The molecule has 0 radical (unpaired) electrons. The van der Waals surface area contributed by atoms with E-state index in [1.54, 1.807) is 0 Å². The van der Waals surface area contributed by atoms with Gasteiger partial charge in [-0.05, 0) is 62.6 Å². The zero-order chi connectivity index (χ0) is 20.0. The third-order valence-electron chi connectivity index (χ3n) is 7.18. The predicted octanol–water partition coefficient (Wildman–Crippen LogP) is 2.31. The van der Waals surface area contributed by atoms with E-state index in [0.29, 0.717) is 6.54 Å². The quantitative estimate of drug-likeness (QED) is 0.836. The summed E-state index contributed by atoms with van der Waals surface area (Å²) < 4.78 is 0. The van der Waals surface area contributed by atoms with Crippen LogP contribution in [-0.2, 0) is 18.3 Å². The van der Waals surface area contributed by atoms with E-state index in [9.17, 15) is 9.90 Å². The van der Waals surface area contributed by atoms with Gasteiger partial charge in [0.05, 0.1) is 12.3 Å². The van der Waals surface area contributed by atoms with Crippen molar-refractivity contribution in [1.29, 1.82) is 0 Å². The minimum Gasteiger partial charge on any atom is -0.395 e. The van der Waals surface area contributed by atoms with Gasteiger partial charge in [-0.2, -0.15) is 0 Å². The number of aliphatic hydroxyl groups is 1. The predicted molar refractivity (Wildman–Crippen MR) is 115 cm³/mol. The van der Waals surface area contributed by atoms with Crippen molar-refractivity contribution in [3.05, 3.63) is 50.9 Å². The van der Waals surface area contributed by atoms with Crippen LogP contribution in [0.15, 0.2) is 23.0 Å². The minimum atomic E-state index is 0.0566. The molecule has 1 aromatic carbocycles. The molecule has 1 spiro atoms. The lowest BCUT2D eigenvalue weighted by molar-refractivity contribution is 0.293. The van der Waals surface area contributed by atoms with Crippen molar-refractivity contribution in [3.63, 3.8) is 0 Å². The molecule has 5 rings (SSSR count). The third kappa shape index (κ3) is 3.05. The average molecular weight is 395 g/mol. The normalized spacial score (nSPS) is 20.1. The Balaban J connectivity index is 1.41. The Labute approximate surface area is 171 Å². The molecule has 2 aromatic rings. The molecule has 0 saturated carbocycles. The molecule has 29 heavy (non-hydrogen) atoms. The monoisotopic (exact) mass is 394 g/mol. The largest absolute Gasteiger partial charge is 0.395 e. The van der Waals surface area contributed by atoms with E-state index in [1.807, 2.05) is 0 Å². The van der Waals surface area contributed by atoms with Crippen LogP contribution < -0.4 is 15.4 Å². The number of fused-ring (bicyclic) bond motifs is 3. The van der Waals surface area contributed by atoms with Crippen molar-refractivity contribution in [1.82, 2.24) is 9.97 Å². The molecule has 154 valence electrons. The molecule has 1 aromatic heterocycles. The Morgan fingerprint density at radius 1 is 1.21 bits per heavy atom. The molecule has 0 unspecified atom stereocenters. The fourth-order valence-electron chi connectivity index (χ4n) is 5.75. The van der Waals surface area contributed by atoms with Crippen LogP contribution in [0.5, 0.6) is 0 Å². The maximum absolute atomic E-state index is 12.5. The van der Waals surface area contributed by atoms with Crippen LogP contribution in [0.4, 0.5) is 11.6 Å². The molecule has 1 saturated heterocycles. The van der Waals surface area contributed by atoms with Gasteiger partial charge in [-0.15, -0.1) is 0 Å². The van der Waals surface area contributed by atoms with Crippen molar-refractivity contribution in [3.8, 4) is 0 Å². The maximum atomic E-state index is 12.5. The summed E-state index contributed by atoms with van der Waals surface area (Å²) in [5.74, 6) is 0.751. The lowest BCUT2D eigenvalue weighted by Crippen LogP contribution is -2.46. The molecular weight excluding hydrogens is 364 g/mol. The summed E-state index contributed by atoms with van der Waals surface area (Å²) in [6, 6.07) is 6.52. The van der Waals surface area contributed by atoms with E-state index < -0.39 is 0 Å². The first-order chi connectivity index (χ1) is 14.1. The van der Waals surface area contributed by atoms with Crippen molar-refractivity contribution in [2.45, 2.75) is 50.9 Å². The van der Waals surface area contributed by atoms with Crippen molar-refractivity contribution in [2.24, 2.45) is 0 Å². The van der Waals surface area contributed by atoms with Crippen molar-refractivity contribution >= 4 is 11.6 Å². The fourth-order valence-corrected chi connectivity index (χ4v) is 5.75. The Hall–Kier alpha value is -2.34. The number of benzene rings is 1. The van der Waals surface area contributed by atoms with Gasteiger partial charge in [-0.25, -0.2) is 4.98 Å². The molecule has 6 nitrogen and oxygen atoms in total. The van der Waals surface area contributed by atoms with Gasteiger partial charge in [0.2, 0.25) is 5.95 Å². The number of nitrogens with one attached hydrogen (secondary N) is 1. The Bertz CT molecular complexity index is 975. The van der Waals surface area contributed by atoms with Gasteiger partial charge in [0.25, 0.3) is 5.56 Å². The molecule has 2 N–H and O–H groups in total. The lowest BCUT2D eigenvalue weighted by Gasteiger charge is -2.40. The van der Waals surface area contributed by atoms with E-state index in [2.05, 4.69) is 39.9 Å². The molecule has 0 atom stereocenters. The molecule has 0 amide bonds. The number of aliphatic hydroxyl groups excluding tert-OH is 1. The number of H-pyrrole nitrogens is 1. The minimum absolute atomic E-state index is 0.0566. The van der Waals surface area contributed by atoms with Crippen molar-refractivity contribution in [2.75, 3.05) is 42.6 Å². The SMILES string of the molecule is Cc1cccc2c1C1(CCN(c3nc4c(c(=O)[nH]3)CCCC4)CC1)CN2CCO. The second-order valence-corrected chi connectivity index (χ2v) is 8.90. The molecular formula is C23H30N4O2. The second kappa shape index (κ2) is 7.17.